The van der Waals surface area contributed by atoms with Crippen LogP contribution in [0.5, 0.6) is 11.6 Å². The number of aromatic nitrogens is 4. The summed E-state index contributed by atoms with van der Waals surface area (Å²) in [5.74, 6) is 0.232. The van der Waals surface area contributed by atoms with Gasteiger partial charge in [-0.25, -0.2) is 18.1 Å². The third-order valence-electron chi connectivity index (χ3n) is 6.62. The van der Waals surface area contributed by atoms with E-state index in [4.69, 9.17) is 4.74 Å². The molecule has 2 aromatic heterocycles. The highest BCUT2D eigenvalue weighted by Gasteiger charge is 2.51. The molecule has 2 N–H and O–H groups in total. The average Bonchev–Trinajstić information content (AvgIpc) is 3.35. The van der Waals surface area contributed by atoms with Crippen molar-refractivity contribution in [1.82, 2.24) is 19.7 Å². The molecule has 1 atom stereocenters. The monoisotopic (exact) mass is 603 g/mol. The van der Waals surface area contributed by atoms with E-state index in [9.17, 15) is 26.7 Å². The van der Waals surface area contributed by atoms with Crippen LogP contribution in [-0.4, -0.2) is 39.4 Å². The molecule has 13 heteroatoms. The van der Waals surface area contributed by atoms with Crippen molar-refractivity contribution in [3.05, 3.63) is 77.6 Å². The second-order valence-electron chi connectivity index (χ2n) is 10.4. The molecule has 0 aliphatic heterocycles. The number of nitrogens with zero attached hydrogens (tertiary/aromatic N) is 4. The van der Waals surface area contributed by atoms with E-state index in [2.05, 4.69) is 33.6 Å². The number of alkyl halides is 3. The molecular weight excluding hydrogens is 571 g/mol. The summed E-state index contributed by atoms with van der Waals surface area (Å²) in [5.41, 5.74) is -0.629. The van der Waals surface area contributed by atoms with Gasteiger partial charge in [0.2, 0.25) is 11.8 Å². The number of sulfonamides is 1. The number of hydrogen-bond acceptors (Lipinski definition) is 7. The summed E-state index contributed by atoms with van der Waals surface area (Å²) in [4.78, 5) is 8.88. The van der Waals surface area contributed by atoms with Crippen molar-refractivity contribution in [3.8, 4) is 22.9 Å². The first-order valence-electron chi connectivity index (χ1n) is 13.2. The molecule has 4 aromatic rings. The van der Waals surface area contributed by atoms with Crippen LogP contribution in [0.15, 0.2) is 65.8 Å². The highest BCUT2D eigenvalue weighted by Crippen LogP contribution is 2.40. The van der Waals surface area contributed by atoms with E-state index in [1.165, 1.54) is 29.2 Å². The van der Waals surface area contributed by atoms with Gasteiger partial charge in [0.15, 0.2) is 5.60 Å². The first-order chi connectivity index (χ1) is 19.6. The molecule has 224 valence electrons. The number of aliphatic hydroxyl groups is 1. The second-order valence-corrected chi connectivity index (χ2v) is 12.1. The summed E-state index contributed by atoms with van der Waals surface area (Å²) in [6.07, 6.45) is -1.23. The molecule has 2 heterocycles. The first kappa shape index (κ1) is 31.0. The molecule has 0 aliphatic carbocycles. The zero-order chi connectivity index (χ0) is 30.9. The zero-order valence-electron chi connectivity index (χ0n) is 23.8. The number of hydrogen-bond donors (Lipinski definition) is 2. The van der Waals surface area contributed by atoms with Gasteiger partial charge in [0.25, 0.3) is 10.0 Å². The highest BCUT2D eigenvalue weighted by atomic mass is 32.2. The number of nitrogens with one attached hydrogen (secondary N) is 1. The third kappa shape index (κ3) is 6.57. The molecular formula is C29H32F3N5O4S. The Labute approximate surface area is 242 Å². The molecule has 42 heavy (non-hydrogen) atoms. The molecule has 0 saturated carbocycles. The summed E-state index contributed by atoms with van der Waals surface area (Å²) in [6.45, 7) is 6.70. The van der Waals surface area contributed by atoms with Crippen LogP contribution in [0.3, 0.4) is 0 Å². The molecule has 0 aliphatic rings. The van der Waals surface area contributed by atoms with Crippen molar-refractivity contribution >= 4 is 16.0 Å². The third-order valence-corrected chi connectivity index (χ3v) is 7.91. The van der Waals surface area contributed by atoms with Crippen molar-refractivity contribution in [3.63, 3.8) is 0 Å². The van der Waals surface area contributed by atoms with E-state index in [1.54, 1.807) is 7.05 Å². The Hall–Kier alpha value is -3.97. The minimum Gasteiger partial charge on any atom is -0.439 e. The molecule has 9 nitrogen and oxygen atoms in total. The van der Waals surface area contributed by atoms with E-state index in [0.717, 1.165) is 29.7 Å². The number of halogens is 3. The van der Waals surface area contributed by atoms with Crippen LogP contribution in [0.2, 0.25) is 0 Å². The Morgan fingerprint density at radius 3 is 2.31 bits per heavy atom. The maximum absolute atomic E-state index is 13.3. The summed E-state index contributed by atoms with van der Waals surface area (Å²) in [6, 6.07) is 12.4. The average molecular weight is 604 g/mol. The van der Waals surface area contributed by atoms with E-state index < -0.39 is 21.8 Å². The minimum atomic E-state index is -4.88. The minimum absolute atomic E-state index is 0.0288. The van der Waals surface area contributed by atoms with Gasteiger partial charge in [0, 0.05) is 24.4 Å². The van der Waals surface area contributed by atoms with Crippen LogP contribution >= 0.6 is 0 Å². The molecule has 0 amide bonds. The van der Waals surface area contributed by atoms with Gasteiger partial charge in [-0.3, -0.25) is 4.68 Å². The fourth-order valence-corrected chi connectivity index (χ4v) is 5.27. The highest BCUT2D eigenvalue weighted by molar-refractivity contribution is 7.92. The number of anilines is 1. The van der Waals surface area contributed by atoms with Gasteiger partial charge in [-0.2, -0.15) is 23.3 Å². The standard InChI is InChI=1S/C29H32F3N5O4S/c1-6-23-25(24-10-8-7-9-19(24)15-18(2)3)34-27(36-42(39,40)22-16-33-37(5)17-22)35-26(23)41-21-13-11-20(12-14-21)28(4,38)29(30,31)32/h7-14,16-18,38H,6,15H2,1-5H3,(H,34,35,36). The molecule has 0 saturated heterocycles. The predicted octanol–water partition coefficient (Wildman–Crippen LogP) is 6.00. The lowest BCUT2D eigenvalue weighted by molar-refractivity contribution is -0.258. The molecule has 4 rings (SSSR count). The van der Waals surface area contributed by atoms with E-state index in [-0.39, 0.29) is 28.0 Å². The second kappa shape index (κ2) is 11.7. The van der Waals surface area contributed by atoms with E-state index >= 15 is 0 Å². The molecule has 0 bridgehead atoms. The van der Waals surface area contributed by atoms with Crippen LogP contribution in [0.4, 0.5) is 19.1 Å². The molecule has 2 aromatic carbocycles. The van der Waals surface area contributed by atoms with Crippen molar-refractivity contribution in [2.45, 2.75) is 57.2 Å². The number of rotatable bonds is 10. The van der Waals surface area contributed by atoms with Gasteiger partial charge in [0.1, 0.15) is 10.6 Å². The van der Waals surface area contributed by atoms with Gasteiger partial charge < -0.3 is 9.84 Å². The first-order valence-corrected chi connectivity index (χ1v) is 14.7. The van der Waals surface area contributed by atoms with Gasteiger partial charge >= 0.3 is 6.18 Å². The topological polar surface area (TPSA) is 119 Å². The van der Waals surface area contributed by atoms with Gasteiger partial charge in [-0.1, -0.05) is 57.2 Å². The lowest BCUT2D eigenvalue weighted by Gasteiger charge is -2.26. The predicted molar refractivity (Wildman–Crippen MR) is 152 cm³/mol. The van der Waals surface area contributed by atoms with Crippen molar-refractivity contribution in [2.24, 2.45) is 13.0 Å². The number of aryl methyl sites for hydroxylation is 1. The number of benzene rings is 2. The SMILES string of the molecule is CCc1c(Oc2ccc(C(C)(O)C(F)(F)F)cc2)nc(NS(=O)(=O)c2cnn(C)c2)nc1-c1ccccc1CC(C)C. The molecule has 0 radical (unpaired) electrons. The van der Waals surface area contributed by atoms with Crippen LogP contribution in [0, 0.1) is 5.92 Å². The Balaban J connectivity index is 1.83. The van der Waals surface area contributed by atoms with E-state index in [1.807, 2.05) is 31.2 Å². The van der Waals surface area contributed by atoms with Crippen molar-refractivity contribution < 1.29 is 31.4 Å². The smallest absolute Gasteiger partial charge is 0.421 e. The molecule has 0 fully saturated rings. The van der Waals surface area contributed by atoms with Crippen LogP contribution < -0.4 is 9.46 Å². The maximum Gasteiger partial charge on any atom is 0.421 e. The quantitative estimate of drug-likeness (QED) is 0.228. The summed E-state index contributed by atoms with van der Waals surface area (Å²) < 4.78 is 76.0. The van der Waals surface area contributed by atoms with Crippen LogP contribution in [-0.2, 0) is 35.5 Å². The van der Waals surface area contributed by atoms with Gasteiger partial charge in [0.05, 0.1) is 11.9 Å². The summed E-state index contributed by atoms with van der Waals surface area (Å²) in [5, 5.41) is 13.9. The van der Waals surface area contributed by atoms with Crippen LogP contribution in [0.25, 0.3) is 11.3 Å². The van der Waals surface area contributed by atoms with Gasteiger partial charge in [-0.05, 0) is 48.9 Å². The van der Waals surface area contributed by atoms with Crippen LogP contribution in [0.1, 0.15) is 44.4 Å². The summed E-state index contributed by atoms with van der Waals surface area (Å²) in [7, 11) is -2.53. The fraction of sp³-hybridized carbons (Fsp3) is 0.345. The van der Waals surface area contributed by atoms with Crippen molar-refractivity contribution in [1.29, 1.82) is 0 Å². The van der Waals surface area contributed by atoms with Crippen molar-refractivity contribution in [2.75, 3.05) is 4.72 Å². The summed E-state index contributed by atoms with van der Waals surface area (Å²) >= 11 is 0. The Bertz CT molecular complexity index is 1670. The molecule has 0 spiro atoms. The molecule has 1 unspecified atom stereocenters. The lowest BCUT2D eigenvalue weighted by atomic mass is 9.94. The Morgan fingerprint density at radius 1 is 1.07 bits per heavy atom. The van der Waals surface area contributed by atoms with Gasteiger partial charge in [-0.15, -0.1) is 0 Å². The lowest BCUT2D eigenvalue weighted by Crippen LogP contribution is -2.39. The normalized spacial score (nSPS) is 13.7. The largest absolute Gasteiger partial charge is 0.439 e. The Morgan fingerprint density at radius 2 is 1.74 bits per heavy atom. The number of ether oxygens (including phenoxy) is 1. The Kier molecular flexibility index (Phi) is 8.65. The maximum atomic E-state index is 13.3. The van der Waals surface area contributed by atoms with E-state index in [0.29, 0.717) is 30.5 Å². The zero-order valence-corrected chi connectivity index (χ0v) is 24.6. The fourth-order valence-electron chi connectivity index (χ4n) is 4.34.